The number of alkyl halides is 3. The lowest BCUT2D eigenvalue weighted by atomic mass is 9.85. The topological polar surface area (TPSA) is 69.6 Å². The number of halogens is 3. The van der Waals surface area contributed by atoms with E-state index < -0.39 is 23.1 Å². The van der Waals surface area contributed by atoms with E-state index in [1.54, 1.807) is 0 Å². The van der Waals surface area contributed by atoms with Gasteiger partial charge in [-0.15, -0.1) is 0 Å². The third-order valence-electron chi connectivity index (χ3n) is 3.89. The summed E-state index contributed by atoms with van der Waals surface area (Å²) in [5.41, 5.74) is -4.40. The monoisotopic (exact) mass is 340 g/mol. The molecule has 2 fully saturated rings. The quantitative estimate of drug-likeness (QED) is 0.704. The van der Waals surface area contributed by atoms with Crippen molar-refractivity contribution in [1.29, 1.82) is 0 Å². The Morgan fingerprint density at radius 2 is 1.91 bits per heavy atom. The number of hydrogen-bond acceptors (Lipinski definition) is 4. The van der Waals surface area contributed by atoms with Gasteiger partial charge in [-0.25, -0.2) is 0 Å². The lowest BCUT2D eigenvalue weighted by Crippen LogP contribution is -2.55. The maximum Gasteiger partial charge on any atom is 0.442 e. The van der Waals surface area contributed by atoms with E-state index in [0.717, 1.165) is 19.4 Å². The molecule has 0 heterocycles. The number of carbonyl (C=O) groups excluding carboxylic acids is 1. The van der Waals surface area contributed by atoms with Crippen molar-refractivity contribution in [2.75, 3.05) is 18.8 Å². The third kappa shape index (κ3) is 6.04. The van der Waals surface area contributed by atoms with Crippen LogP contribution in [0.3, 0.4) is 0 Å². The van der Waals surface area contributed by atoms with E-state index in [1.165, 1.54) is 0 Å². The highest BCUT2D eigenvalue weighted by atomic mass is 32.2. The summed E-state index contributed by atoms with van der Waals surface area (Å²) in [4.78, 5) is 24.2. The zero-order valence-corrected chi connectivity index (χ0v) is 12.8. The molecule has 2 saturated carbocycles. The van der Waals surface area contributed by atoms with Gasteiger partial charge in [0.15, 0.2) is 0 Å². The molecule has 0 aliphatic heterocycles. The van der Waals surface area contributed by atoms with Gasteiger partial charge >= 0.3 is 11.5 Å². The molecule has 0 aromatic carbocycles. The Morgan fingerprint density at radius 3 is 2.41 bits per heavy atom. The highest BCUT2D eigenvalue weighted by Gasteiger charge is 2.38. The Balaban J connectivity index is 1.68. The number of rotatable bonds is 8. The van der Waals surface area contributed by atoms with Gasteiger partial charge in [-0.1, -0.05) is 0 Å². The van der Waals surface area contributed by atoms with Crippen LogP contribution < -0.4 is 5.32 Å². The van der Waals surface area contributed by atoms with Crippen LogP contribution in [0.5, 0.6) is 0 Å². The second-order valence-electron chi connectivity index (χ2n) is 5.89. The number of nitrogens with one attached hydrogen (secondary N) is 1. The summed E-state index contributed by atoms with van der Waals surface area (Å²) in [6, 6.07) is -0.0564. The highest BCUT2D eigenvalue weighted by Crippen LogP contribution is 2.34. The smallest absolute Gasteiger partial charge is 0.442 e. The fourth-order valence-corrected chi connectivity index (χ4v) is 2.95. The van der Waals surface area contributed by atoms with E-state index >= 15 is 0 Å². The highest BCUT2D eigenvalue weighted by molar-refractivity contribution is 8.00. The summed E-state index contributed by atoms with van der Waals surface area (Å²) in [6.45, 7) is 0.729. The first kappa shape index (κ1) is 17.4. The van der Waals surface area contributed by atoms with Crippen LogP contribution in [0.1, 0.15) is 25.7 Å². The van der Waals surface area contributed by atoms with Gasteiger partial charge in [0.2, 0.25) is 5.91 Å². The number of hydrogen-bond donors (Lipinski definition) is 2. The molecule has 2 aliphatic rings. The molecule has 0 spiro atoms. The first-order valence-electron chi connectivity index (χ1n) is 7.19. The lowest BCUT2D eigenvalue weighted by Gasteiger charge is -2.42. The van der Waals surface area contributed by atoms with Crippen molar-refractivity contribution < 1.29 is 27.9 Å². The molecular formula is C13H19F3N2O3S. The van der Waals surface area contributed by atoms with Crippen molar-refractivity contribution in [3.63, 3.8) is 0 Å². The Morgan fingerprint density at radius 1 is 1.27 bits per heavy atom. The van der Waals surface area contributed by atoms with Gasteiger partial charge in [0.05, 0.1) is 12.3 Å². The van der Waals surface area contributed by atoms with Crippen molar-refractivity contribution in [3.05, 3.63) is 0 Å². The Bertz CT molecular complexity index is 423. The predicted molar refractivity (Wildman–Crippen MR) is 75.4 cm³/mol. The number of thioether (sulfide) groups is 1. The van der Waals surface area contributed by atoms with E-state index in [-0.39, 0.29) is 30.4 Å². The van der Waals surface area contributed by atoms with Crippen molar-refractivity contribution in [1.82, 2.24) is 10.2 Å². The molecule has 0 aromatic heterocycles. The second-order valence-corrected chi connectivity index (χ2v) is 6.93. The molecule has 126 valence electrons. The molecule has 0 radical (unpaired) electrons. The Kier molecular flexibility index (Phi) is 5.60. The van der Waals surface area contributed by atoms with E-state index in [1.807, 2.05) is 4.90 Å². The lowest BCUT2D eigenvalue weighted by molar-refractivity contribution is -0.140. The maximum atomic E-state index is 12.0. The Hall–Kier alpha value is -0.960. The first-order chi connectivity index (χ1) is 10.2. The average molecular weight is 340 g/mol. The van der Waals surface area contributed by atoms with Crippen molar-refractivity contribution in [2.45, 2.75) is 43.3 Å². The summed E-state index contributed by atoms with van der Waals surface area (Å²) in [7, 11) is 0. The second kappa shape index (κ2) is 7.08. The van der Waals surface area contributed by atoms with Gasteiger partial charge in [0, 0.05) is 18.6 Å². The summed E-state index contributed by atoms with van der Waals surface area (Å²) in [5, 5.41) is 11.5. The molecule has 0 atom stereocenters. The van der Waals surface area contributed by atoms with Crippen LogP contribution >= 0.6 is 11.8 Å². The van der Waals surface area contributed by atoms with Crippen LogP contribution in [0.15, 0.2) is 0 Å². The van der Waals surface area contributed by atoms with Gasteiger partial charge in [-0.05, 0) is 43.4 Å². The maximum absolute atomic E-state index is 12.0. The van der Waals surface area contributed by atoms with Crippen LogP contribution in [0, 0.1) is 5.92 Å². The van der Waals surface area contributed by atoms with Gasteiger partial charge in [-0.3, -0.25) is 14.5 Å². The molecule has 2 aliphatic carbocycles. The van der Waals surface area contributed by atoms with Gasteiger partial charge in [-0.2, -0.15) is 13.2 Å². The van der Waals surface area contributed by atoms with Crippen molar-refractivity contribution in [3.8, 4) is 0 Å². The molecule has 0 unspecified atom stereocenters. The van der Waals surface area contributed by atoms with Crippen LogP contribution in [-0.4, -0.2) is 58.3 Å². The summed E-state index contributed by atoms with van der Waals surface area (Å²) >= 11 is -0.350. The fraction of sp³-hybridized carbons (Fsp3) is 0.846. The summed E-state index contributed by atoms with van der Waals surface area (Å²) in [5.74, 6) is -1.57. The molecule has 9 heteroatoms. The van der Waals surface area contributed by atoms with E-state index in [0.29, 0.717) is 18.8 Å². The number of nitrogens with zero attached hydrogens (tertiary/aromatic N) is 1. The molecule has 22 heavy (non-hydrogen) atoms. The van der Waals surface area contributed by atoms with Gasteiger partial charge in [0.1, 0.15) is 0 Å². The fourth-order valence-electron chi connectivity index (χ4n) is 2.57. The number of carboxylic acids is 1. The van der Waals surface area contributed by atoms with E-state index in [2.05, 4.69) is 5.32 Å². The molecule has 0 aromatic rings. The minimum absolute atomic E-state index is 0.0221. The molecule has 0 bridgehead atoms. The number of aliphatic carboxylic acids is 1. The van der Waals surface area contributed by atoms with Crippen molar-refractivity contribution >= 4 is 23.6 Å². The average Bonchev–Trinajstić information content (AvgIpc) is 3.12. The molecule has 5 nitrogen and oxygen atoms in total. The normalized spacial score (nSPS) is 24.9. The molecular weight excluding hydrogens is 321 g/mol. The first-order valence-corrected chi connectivity index (χ1v) is 8.17. The standard InChI is InChI=1S/C13H19F3N2O3S/c14-13(15,16)22-7-11(19)17-9-3-10(4-9)18(6-12(20)21)5-8-1-2-8/h8-10H,1-7H2,(H,17,19)(H,20,21). The predicted octanol–water partition coefficient (Wildman–Crippen LogP) is 1.68. The minimum Gasteiger partial charge on any atom is -0.480 e. The molecule has 0 saturated heterocycles. The molecule has 2 N–H and O–H groups in total. The zero-order valence-electron chi connectivity index (χ0n) is 11.9. The number of amides is 1. The van der Waals surface area contributed by atoms with Crippen LogP contribution in [0.4, 0.5) is 13.2 Å². The SMILES string of the molecule is O=C(O)CN(CC1CC1)C1CC(NC(=O)CSC(F)(F)F)C1. The minimum atomic E-state index is -4.40. The summed E-state index contributed by atoms with van der Waals surface area (Å²) < 4.78 is 36.0. The third-order valence-corrected chi connectivity index (χ3v) is 4.62. The largest absolute Gasteiger partial charge is 0.480 e. The van der Waals surface area contributed by atoms with Crippen LogP contribution in [0.2, 0.25) is 0 Å². The van der Waals surface area contributed by atoms with Crippen LogP contribution in [-0.2, 0) is 9.59 Å². The summed E-state index contributed by atoms with van der Waals surface area (Å²) in [6.07, 6.45) is 3.44. The van der Waals surface area contributed by atoms with Gasteiger partial charge in [0.25, 0.3) is 0 Å². The number of carbonyl (C=O) groups is 2. The molecule has 2 rings (SSSR count). The number of carboxylic acid groups (broad SMARTS) is 1. The Labute approximate surface area is 130 Å². The van der Waals surface area contributed by atoms with Gasteiger partial charge < -0.3 is 10.4 Å². The van der Waals surface area contributed by atoms with Crippen LogP contribution in [0.25, 0.3) is 0 Å². The van der Waals surface area contributed by atoms with E-state index in [4.69, 9.17) is 5.11 Å². The zero-order chi connectivity index (χ0) is 16.3. The van der Waals surface area contributed by atoms with E-state index in [9.17, 15) is 22.8 Å². The van der Waals surface area contributed by atoms with Crippen molar-refractivity contribution in [2.24, 2.45) is 5.92 Å². The molecule has 1 amide bonds.